The van der Waals surface area contributed by atoms with E-state index < -0.39 is 0 Å². The molecule has 2 rings (SSSR count). The molecule has 2 heterocycles. The normalized spacial score (nSPS) is 19.6. The zero-order valence-corrected chi connectivity index (χ0v) is 8.76. The zero-order chi connectivity index (χ0) is 11.4. The number of hydrogen-bond acceptors (Lipinski definition) is 5. The molecule has 0 saturated carbocycles. The lowest BCUT2D eigenvalue weighted by molar-refractivity contribution is -0.121. The van der Waals surface area contributed by atoms with E-state index in [1.165, 1.54) is 12.4 Å². The second kappa shape index (κ2) is 4.94. The summed E-state index contributed by atoms with van der Waals surface area (Å²) in [7, 11) is 0. The van der Waals surface area contributed by atoms with Crippen LogP contribution in [0.5, 0.6) is 0 Å². The quantitative estimate of drug-likeness (QED) is 0.550. The molecule has 0 amide bonds. The predicted octanol–water partition coefficient (Wildman–Crippen LogP) is 0.655. The van der Waals surface area contributed by atoms with E-state index in [-0.39, 0.29) is 29.7 Å². The molecule has 1 atom stereocenters. The molecule has 1 saturated heterocycles. The van der Waals surface area contributed by atoms with Crippen LogP contribution in [0, 0.1) is 5.92 Å². The van der Waals surface area contributed by atoms with Crippen molar-refractivity contribution in [3.63, 3.8) is 0 Å². The van der Waals surface area contributed by atoms with E-state index in [1.54, 1.807) is 6.07 Å². The van der Waals surface area contributed by atoms with Crippen LogP contribution in [0.1, 0.15) is 23.5 Å². The fourth-order valence-corrected chi connectivity index (χ4v) is 1.61. The fraction of sp³-hybridized carbons (Fsp3) is 0.455. The van der Waals surface area contributed by atoms with E-state index in [9.17, 15) is 9.59 Å². The molecule has 5 nitrogen and oxygen atoms in total. The summed E-state index contributed by atoms with van der Waals surface area (Å²) < 4.78 is 5.10. The van der Waals surface area contributed by atoms with Crippen molar-refractivity contribution in [1.29, 1.82) is 0 Å². The summed E-state index contributed by atoms with van der Waals surface area (Å²) >= 11 is 0. The SMILES string of the molecule is O=C(CC(=O)C1CCOC1)c1ncccn1. The number of ether oxygens (including phenoxy) is 1. The number of ketones is 2. The molecule has 0 N–H and O–H groups in total. The van der Waals surface area contributed by atoms with Gasteiger partial charge in [0.05, 0.1) is 13.0 Å². The van der Waals surface area contributed by atoms with E-state index >= 15 is 0 Å². The van der Waals surface area contributed by atoms with Crippen molar-refractivity contribution in [3.8, 4) is 0 Å². The number of aromatic nitrogens is 2. The van der Waals surface area contributed by atoms with Gasteiger partial charge in [0, 0.05) is 24.9 Å². The molecule has 1 unspecified atom stereocenters. The van der Waals surface area contributed by atoms with Crippen LogP contribution in [0.15, 0.2) is 18.5 Å². The van der Waals surface area contributed by atoms with Crippen molar-refractivity contribution in [2.75, 3.05) is 13.2 Å². The Kier molecular flexibility index (Phi) is 3.36. The lowest BCUT2D eigenvalue weighted by Gasteiger charge is -2.04. The molecule has 84 valence electrons. The average Bonchev–Trinajstić information content (AvgIpc) is 2.83. The van der Waals surface area contributed by atoms with Gasteiger partial charge in [-0.1, -0.05) is 0 Å². The van der Waals surface area contributed by atoms with E-state index in [2.05, 4.69) is 9.97 Å². The highest BCUT2D eigenvalue weighted by Crippen LogP contribution is 2.15. The first kappa shape index (κ1) is 10.9. The van der Waals surface area contributed by atoms with Crippen LogP contribution >= 0.6 is 0 Å². The summed E-state index contributed by atoms with van der Waals surface area (Å²) in [4.78, 5) is 30.9. The number of nitrogens with zero attached hydrogens (tertiary/aromatic N) is 2. The predicted molar refractivity (Wildman–Crippen MR) is 54.9 cm³/mol. The van der Waals surface area contributed by atoms with Gasteiger partial charge in [-0.15, -0.1) is 0 Å². The van der Waals surface area contributed by atoms with Crippen LogP contribution in [-0.4, -0.2) is 34.7 Å². The van der Waals surface area contributed by atoms with Crippen LogP contribution in [0.25, 0.3) is 0 Å². The van der Waals surface area contributed by atoms with Gasteiger partial charge in [-0.05, 0) is 12.5 Å². The molecule has 1 aliphatic rings. The molecular weight excluding hydrogens is 208 g/mol. The van der Waals surface area contributed by atoms with Gasteiger partial charge < -0.3 is 4.74 Å². The summed E-state index contributed by atoms with van der Waals surface area (Å²) in [5.74, 6) is -0.421. The smallest absolute Gasteiger partial charge is 0.207 e. The van der Waals surface area contributed by atoms with Crippen molar-refractivity contribution in [2.45, 2.75) is 12.8 Å². The maximum Gasteiger partial charge on any atom is 0.207 e. The molecule has 1 aromatic heterocycles. The third-order valence-electron chi connectivity index (χ3n) is 2.53. The van der Waals surface area contributed by atoms with Gasteiger partial charge in [-0.2, -0.15) is 0 Å². The number of carbonyl (C=O) groups excluding carboxylic acids is 2. The molecule has 1 fully saturated rings. The first-order valence-corrected chi connectivity index (χ1v) is 5.18. The zero-order valence-electron chi connectivity index (χ0n) is 8.76. The van der Waals surface area contributed by atoms with Gasteiger partial charge in [-0.25, -0.2) is 9.97 Å². The third kappa shape index (κ3) is 2.49. The Morgan fingerprint density at radius 1 is 1.38 bits per heavy atom. The highest BCUT2D eigenvalue weighted by molar-refractivity contribution is 6.06. The second-order valence-corrected chi connectivity index (χ2v) is 3.70. The van der Waals surface area contributed by atoms with Crippen LogP contribution in [0.2, 0.25) is 0 Å². The topological polar surface area (TPSA) is 69.2 Å². The molecule has 0 aliphatic carbocycles. The molecule has 1 aliphatic heterocycles. The summed E-state index contributed by atoms with van der Waals surface area (Å²) in [6.07, 6.45) is 3.56. The Hall–Kier alpha value is -1.62. The Morgan fingerprint density at radius 2 is 2.12 bits per heavy atom. The van der Waals surface area contributed by atoms with Gasteiger partial charge in [0.1, 0.15) is 5.78 Å². The minimum absolute atomic E-state index is 0.0741. The maximum absolute atomic E-state index is 11.7. The molecule has 0 spiro atoms. The van der Waals surface area contributed by atoms with Crippen LogP contribution < -0.4 is 0 Å². The van der Waals surface area contributed by atoms with Crippen molar-refractivity contribution in [3.05, 3.63) is 24.3 Å². The van der Waals surface area contributed by atoms with Crippen molar-refractivity contribution in [2.24, 2.45) is 5.92 Å². The number of rotatable bonds is 4. The summed E-state index contributed by atoms with van der Waals surface area (Å²) in [5.41, 5.74) is 0. The highest BCUT2D eigenvalue weighted by atomic mass is 16.5. The van der Waals surface area contributed by atoms with Gasteiger partial charge in [0.15, 0.2) is 5.82 Å². The van der Waals surface area contributed by atoms with Gasteiger partial charge in [0.25, 0.3) is 0 Å². The average molecular weight is 220 g/mol. The van der Waals surface area contributed by atoms with E-state index in [0.717, 1.165) is 0 Å². The van der Waals surface area contributed by atoms with E-state index in [4.69, 9.17) is 4.74 Å². The summed E-state index contributed by atoms with van der Waals surface area (Å²) in [6.45, 7) is 1.04. The van der Waals surface area contributed by atoms with Gasteiger partial charge >= 0.3 is 0 Å². The molecule has 0 aromatic carbocycles. The van der Waals surface area contributed by atoms with Gasteiger partial charge in [0.2, 0.25) is 5.78 Å². The van der Waals surface area contributed by atoms with E-state index in [0.29, 0.717) is 19.6 Å². The number of carbonyl (C=O) groups is 2. The maximum atomic E-state index is 11.7. The fourth-order valence-electron chi connectivity index (χ4n) is 1.61. The Morgan fingerprint density at radius 3 is 2.75 bits per heavy atom. The van der Waals surface area contributed by atoms with Crippen LogP contribution in [-0.2, 0) is 9.53 Å². The molecule has 0 radical (unpaired) electrons. The van der Waals surface area contributed by atoms with Crippen molar-refractivity contribution >= 4 is 11.6 Å². The molecule has 16 heavy (non-hydrogen) atoms. The Balaban J connectivity index is 1.94. The van der Waals surface area contributed by atoms with Crippen molar-refractivity contribution in [1.82, 2.24) is 9.97 Å². The highest BCUT2D eigenvalue weighted by Gasteiger charge is 2.26. The Labute approximate surface area is 92.9 Å². The second-order valence-electron chi connectivity index (χ2n) is 3.70. The molecule has 1 aromatic rings. The largest absolute Gasteiger partial charge is 0.381 e. The minimum atomic E-state index is -0.322. The van der Waals surface area contributed by atoms with Crippen LogP contribution in [0.4, 0.5) is 0 Å². The number of Topliss-reactive ketones (excluding diaryl/α,β-unsaturated/α-hetero) is 2. The van der Waals surface area contributed by atoms with Gasteiger partial charge in [-0.3, -0.25) is 9.59 Å². The molecular formula is C11H12N2O3. The van der Waals surface area contributed by atoms with Crippen molar-refractivity contribution < 1.29 is 14.3 Å². The first-order valence-electron chi connectivity index (χ1n) is 5.18. The Bertz CT molecular complexity index is 385. The summed E-state index contributed by atoms with van der Waals surface area (Å²) in [5, 5.41) is 0. The lowest BCUT2D eigenvalue weighted by Crippen LogP contribution is -2.19. The van der Waals surface area contributed by atoms with E-state index in [1.807, 2.05) is 0 Å². The monoisotopic (exact) mass is 220 g/mol. The standard InChI is InChI=1S/C11H12N2O3/c14-9(8-2-5-16-7-8)6-10(15)11-12-3-1-4-13-11/h1,3-4,8H,2,5-7H2. The third-order valence-corrected chi connectivity index (χ3v) is 2.53. The summed E-state index contributed by atoms with van der Waals surface area (Å²) in [6, 6.07) is 1.63. The first-order chi connectivity index (χ1) is 7.77. The number of hydrogen-bond donors (Lipinski definition) is 0. The lowest BCUT2D eigenvalue weighted by atomic mass is 9.99. The minimum Gasteiger partial charge on any atom is -0.381 e. The molecule has 0 bridgehead atoms. The van der Waals surface area contributed by atoms with Crippen LogP contribution in [0.3, 0.4) is 0 Å². The molecule has 5 heteroatoms.